The van der Waals surface area contributed by atoms with Crippen molar-refractivity contribution in [3.05, 3.63) is 181 Å². The lowest BCUT2D eigenvalue weighted by molar-refractivity contribution is 1.27. The molecule has 0 saturated carbocycles. The molecule has 2 heteroatoms. The number of pyridine rings is 1. The highest BCUT2D eigenvalue weighted by Gasteiger charge is 2.15. The van der Waals surface area contributed by atoms with Crippen LogP contribution in [0, 0.1) is 0 Å². The maximum Gasteiger partial charge on any atom is 0.0722 e. The molecule has 0 fully saturated rings. The van der Waals surface area contributed by atoms with Crippen molar-refractivity contribution in [3.63, 3.8) is 0 Å². The molecule has 47 heavy (non-hydrogen) atoms. The molecule has 0 saturated heterocycles. The lowest BCUT2D eigenvalue weighted by atomic mass is 9.91. The van der Waals surface area contributed by atoms with Crippen LogP contribution < -0.4 is 5.73 Å². The van der Waals surface area contributed by atoms with E-state index in [1.165, 1.54) is 48.7 Å². The Morgan fingerprint density at radius 1 is 0.574 bits per heavy atom. The molecule has 7 rings (SSSR count). The van der Waals surface area contributed by atoms with Gasteiger partial charge in [0.1, 0.15) is 0 Å². The quantitative estimate of drug-likeness (QED) is 0.145. The average Bonchev–Trinajstić information content (AvgIpc) is 3.11. The molecule has 0 aliphatic rings. The summed E-state index contributed by atoms with van der Waals surface area (Å²) < 4.78 is 0. The van der Waals surface area contributed by atoms with E-state index in [1.54, 1.807) is 6.08 Å². The third-order valence-electron chi connectivity index (χ3n) is 8.94. The van der Waals surface area contributed by atoms with Gasteiger partial charge in [0.05, 0.1) is 11.4 Å². The molecule has 2 nitrogen and oxygen atoms in total. The van der Waals surface area contributed by atoms with Crippen LogP contribution in [0.25, 0.3) is 71.0 Å². The Bertz CT molecular complexity index is 2330. The zero-order valence-electron chi connectivity index (χ0n) is 26.8. The molecule has 226 valence electrons. The van der Waals surface area contributed by atoms with Crippen molar-refractivity contribution in [2.75, 3.05) is 0 Å². The Balaban J connectivity index is 1.48. The maximum atomic E-state index is 5.73. The van der Waals surface area contributed by atoms with Gasteiger partial charge in [-0.15, -0.1) is 0 Å². The van der Waals surface area contributed by atoms with Crippen LogP contribution in [-0.4, -0.2) is 4.98 Å². The van der Waals surface area contributed by atoms with Gasteiger partial charge in [0.15, 0.2) is 0 Å². The monoisotopic (exact) mass is 604 g/mol. The van der Waals surface area contributed by atoms with Crippen molar-refractivity contribution in [1.29, 1.82) is 0 Å². The Labute approximate surface area is 276 Å². The zero-order chi connectivity index (χ0) is 32.5. The summed E-state index contributed by atoms with van der Waals surface area (Å²) in [5.74, 6) is 0. The standard InChI is InChI=1S/C45H36N2/c1-29(30(2)23-24-32(4)46)21-22-31(3)44-27-35(42-25-33-13-5-7-15-36(33)38-17-9-11-19-40(38)42)28-45(47-44)43-26-34-14-6-8-16-37(34)39-18-10-12-20-41(39)43/h5-28H,2,4,46H2,1,3H3/b24-23-,29-21+,31-22+. The Morgan fingerprint density at radius 2 is 1.09 bits per heavy atom. The second-order valence-corrected chi connectivity index (χ2v) is 12.1. The first-order valence-corrected chi connectivity index (χ1v) is 15.9. The molecule has 0 aliphatic carbocycles. The molecule has 0 radical (unpaired) electrons. The Morgan fingerprint density at radius 3 is 1.68 bits per heavy atom. The Hall–Kier alpha value is -5.99. The minimum absolute atomic E-state index is 0.502. The van der Waals surface area contributed by atoms with E-state index in [0.29, 0.717) is 5.70 Å². The minimum atomic E-state index is 0.502. The van der Waals surface area contributed by atoms with E-state index in [0.717, 1.165) is 39.2 Å². The summed E-state index contributed by atoms with van der Waals surface area (Å²) in [5, 5.41) is 9.79. The van der Waals surface area contributed by atoms with E-state index in [-0.39, 0.29) is 0 Å². The van der Waals surface area contributed by atoms with Crippen molar-refractivity contribution in [2.24, 2.45) is 5.73 Å². The molecule has 6 aromatic carbocycles. The van der Waals surface area contributed by atoms with E-state index in [9.17, 15) is 0 Å². The van der Waals surface area contributed by atoms with Crippen molar-refractivity contribution >= 4 is 48.7 Å². The summed E-state index contributed by atoms with van der Waals surface area (Å²) >= 11 is 0. The molecule has 0 unspecified atom stereocenters. The van der Waals surface area contributed by atoms with Gasteiger partial charge in [-0.25, -0.2) is 4.98 Å². The summed E-state index contributed by atoms with van der Waals surface area (Å²) in [5.41, 5.74) is 14.5. The van der Waals surface area contributed by atoms with Crippen LogP contribution >= 0.6 is 0 Å². The number of hydrogen-bond acceptors (Lipinski definition) is 2. The Kier molecular flexibility index (Phi) is 7.85. The van der Waals surface area contributed by atoms with Crippen LogP contribution in [-0.2, 0) is 0 Å². The highest BCUT2D eigenvalue weighted by molar-refractivity contribution is 6.15. The van der Waals surface area contributed by atoms with Crippen LogP contribution in [0.4, 0.5) is 0 Å². The summed E-state index contributed by atoms with van der Waals surface area (Å²) in [6.07, 6.45) is 7.88. The molecular formula is C45H36N2. The van der Waals surface area contributed by atoms with Crippen LogP contribution in [0.1, 0.15) is 19.5 Å². The molecule has 2 N–H and O–H groups in total. The highest BCUT2D eigenvalue weighted by Crippen LogP contribution is 2.39. The first-order chi connectivity index (χ1) is 22.9. The summed E-state index contributed by atoms with van der Waals surface area (Å²) in [6.45, 7) is 12.1. The largest absolute Gasteiger partial charge is 0.399 e. The van der Waals surface area contributed by atoms with E-state index in [4.69, 9.17) is 10.7 Å². The fourth-order valence-corrected chi connectivity index (χ4v) is 6.37. The second kappa shape index (κ2) is 12.4. The number of fused-ring (bicyclic) bond motifs is 6. The topological polar surface area (TPSA) is 38.9 Å². The minimum Gasteiger partial charge on any atom is -0.399 e. The van der Waals surface area contributed by atoms with Gasteiger partial charge < -0.3 is 5.73 Å². The number of nitrogens with zero attached hydrogens (tertiary/aromatic N) is 1. The van der Waals surface area contributed by atoms with Crippen LogP contribution in [0.3, 0.4) is 0 Å². The molecule has 1 aromatic heterocycles. The molecule has 0 spiro atoms. The van der Waals surface area contributed by atoms with Crippen molar-refractivity contribution in [3.8, 4) is 22.4 Å². The predicted octanol–water partition coefficient (Wildman–Crippen LogP) is 12.0. The second-order valence-electron chi connectivity index (χ2n) is 12.1. The van der Waals surface area contributed by atoms with Gasteiger partial charge in [-0.1, -0.05) is 128 Å². The molecule has 0 aliphatic heterocycles. The first-order valence-electron chi connectivity index (χ1n) is 15.9. The maximum absolute atomic E-state index is 5.73. The number of hydrogen-bond donors (Lipinski definition) is 1. The summed E-state index contributed by atoms with van der Waals surface area (Å²) in [6, 6.07) is 43.7. The number of allylic oxidation sites excluding steroid dienone is 7. The van der Waals surface area contributed by atoms with Crippen LogP contribution in [0.5, 0.6) is 0 Å². The normalized spacial score (nSPS) is 12.5. The van der Waals surface area contributed by atoms with Crippen molar-refractivity contribution < 1.29 is 0 Å². The molecule has 0 atom stereocenters. The smallest absolute Gasteiger partial charge is 0.0722 e. The van der Waals surface area contributed by atoms with E-state index >= 15 is 0 Å². The average molecular weight is 605 g/mol. The van der Waals surface area contributed by atoms with Crippen molar-refractivity contribution in [2.45, 2.75) is 13.8 Å². The number of nitrogens with two attached hydrogens (primary N) is 1. The van der Waals surface area contributed by atoms with Gasteiger partial charge >= 0.3 is 0 Å². The molecule has 7 aromatic rings. The van der Waals surface area contributed by atoms with Gasteiger partial charge in [0, 0.05) is 11.3 Å². The molecular weight excluding hydrogens is 569 g/mol. The third kappa shape index (κ3) is 5.78. The highest BCUT2D eigenvalue weighted by atomic mass is 14.7. The third-order valence-corrected chi connectivity index (χ3v) is 8.94. The van der Waals surface area contributed by atoms with E-state index in [2.05, 4.69) is 154 Å². The van der Waals surface area contributed by atoms with Crippen LogP contribution in [0.2, 0.25) is 0 Å². The fourth-order valence-electron chi connectivity index (χ4n) is 6.37. The molecule has 1 heterocycles. The van der Waals surface area contributed by atoms with Gasteiger partial charge in [-0.3, -0.25) is 0 Å². The lowest BCUT2D eigenvalue weighted by Gasteiger charge is -2.16. The SMILES string of the molecule is C=C(N)/C=C\C(=C)/C(C)=C/C=C(\C)c1cc(-c2cc3ccccc3c3ccccc23)cc(-c2cc3ccccc3c3ccccc23)n1. The van der Waals surface area contributed by atoms with Gasteiger partial charge in [0.2, 0.25) is 0 Å². The number of aromatic nitrogens is 1. The lowest BCUT2D eigenvalue weighted by Crippen LogP contribution is -1.95. The van der Waals surface area contributed by atoms with Crippen molar-refractivity contribution in [1.82, 2.24) is 4.98 Å². The van der Waals surface area contributed by atoms with E-state index < -0.39 is 0 Å². The number of benzene rings is 6. The van der Waals surface area contributed by atoms with Gasteiger partial charge in [-0.2, -0.15) is 0 Å². The van der Waals surface area contributed by atoms with E-state index in [1.807, 2.05) is 13.0 Å². The summed E-state index contributed by atoms with van der Waals surface area (Å²) in [7, 11) is 0. The fraction of sp³-hybridized carbons (Fsp3) is 0.0444. The summed E-state index contributed by atoms with van der Waals surface area (Å²) in [4.78, 5) is 5.35. The number of rotatable bonds is 7. The molecule has 0 bridgehead atoms. The van der Waals surface area contributed by atoms with Crippen LogP contribution in [0.15, 0.2) is 176 Å². The predicted molar refractivity (Wildman–Crippen MR) is 204 cm³/mol. The van der Waals surface area contributed by atoms with Gasteiger partial charge in [0.25, 0.3) is 0 Å². The zero-order valence-corrected chi connectivity index (χ0v) is 26.8. The first kappa shape index (κ1) is 29.7. The van der Waals surface area contributed by atoms with Gasteiger partial charge in [-0.05, 0) is 115 Å². The molecule has 0 amide bonds.